The lowest BCUT2D eigenvalue weighted by molar-refractivity contribution is 0.415. The first-order valence-corrected chi connectivity index (χ1v) is 11.8. The number of fused-ring (bicyclic) bond motifs is 5. The third-order valence-electron chi connectivity index (χ3n) is 7.06. The van der Waals surface area contributed by atoms with E-state index in [9.17, 15) is 14.9 Å². The fourth-order valence-electron chi connectivity index (χ4n) is 5.24. The molecule has 8 nitrogen and oxygen atoms in total. The van der Waals surface area contributed by atoms with Crippen LogP contribution < -0.4 is 21.3 Å². The van der Waals surface area contributed by atoms with Gasteiger partial charge in [-0.2, -0.15) is 5.26 Å². The van der Waals surface area contributed by atoms with Gasteiger partial charge in [0.05, 0.1) is 58.4 Å². The standard InChI is InChI=1S/C29H23N5O3/c1-32-26-23(28(35)33(2)29(32)36)25(19-12-14-20(37-3)15-13-19)34-22-7-5-4-6-21(22)31-24(27(26)34)18-10-8-17(16-30)9-11-18/h4-15,24,31H,1-3H3/t24-/m0/s1. The molecule has 0 fully saturated rings. The van der Waals surface area contributed by atoms with Crippen LogP contribution in [0.2, 0.25) is 0 Å². The van der Waals surface area contributed by atoms with Crippen LogP contribution in [-0.2, 0) is 14.1 Å². The van der Waals surface area contributed by atoms with Gasteiger partial charge in [0.1, 0.15) is 5.75 Å². The first-order chi connectivity index (χ1) is 17.9. The second kappa shape index (κ2) is 8.28. The van der Waals surface area contributed by atoms with E-state index in [0.29, 0.717) is 27.9 Å². The molecule has 0 radical (unpaired) electrons. The molecule has 0 aliphatic carbocycles. The van der Waals surface area contributed by atoms with Crippen LogP contribution >= 0.6 is 0 Å². The second-order valence-corrected chi connectivity index (χ2v) is 9.06. The van der Waals surface area contributed by atoms with Crippen LogP contribution in [0.15, 0.2) is 82.4 Å². The predicted molar refractivity (Wildman–Crippen MR) is 142 cm³/mol. The number of nitrogens with one attached hydrogen (secondary N) is 1. The number of aryl methyl sites for hydroxylation is 1. The topological polar surface area (TPSA) is 94.0 Å². The van der Waals surface area contributed by atoms with Gasteiger partial charge in [-0.3, -0.25) is 13.9 Å². The van der Waals surface area contributed by atoms with Crippen molar-refractivity contribution in [3.63, 3.8) is 0 Å². The number of nitriles is 1. The third kappa shape index (κ3) is 3.21. The van der Waals surface area contributed by atoms with Crippen molar-refractivity contribution >= 4 is 16.6 Å². The number of nitrogens with zero attached hydrogens (tertiary/aromatic N) is 4. The van der Waals surface area contributed by atoms with E-state index < -0.39 is 5.69 Å². The Bertz CT molecular complexity index is 1850. The third-order valence-corrected chi connectivity index (χ3v) is 7.06. The molecule has 0 saturated carbocycles. The highest BCUT2D eigenvalue weighted by molar-refractivity contribution is 5.99. The molecule has 1 N–H and O–H groups in total. The molecule has 3 aromatic carbocycles. The van der Waals surface area contributed by atoms with Gasteiger partial charge in [-0.15, -0.1) is 0 Å². The Morgan fingerprint density at radius 2 is 1.62 bits per heavy atom. The summed E-state index contributed by atoms with van der Waals surface area (Å²) < 4.78 is 10.1. The van der Waals surface area contributed by atoms with Crippen LogP contribution in [0.4, 0.5) is 5.69 Å². The van der Waals surface area contributed by atoms with Crippen molar-refractivity contribution in [3.05, 3.63) is 110 Å². The Morgan fingerprint density at radius 1 is 0.919 bits per heavy atom. The zero-order valence-electron chi connectivity index (χ0n) is 20.5. The highest BCUT2D eigenvalue weighted by Crippen LogP contribution is 2.45. The summed E-state index contributed by atoms with van der Waals surface area (Å²) in [4.78, 5) is 26.9. The van der Waals surface area contributed by atoms with E-state index in [1.54, 1.807) is 30.9 Å². The minimum absolute atomic E-state index is 0.359. The van der Waals surface area contributed by atoms with Crippen LogP contribution in [0.25, 0.3) is 27.8 Å². The lowest BCUT2D eigenvalue weighted by Gasteiger charge is -2.31. The second-order valence-electron chi connectivity index (χ2n) is 9.06. The van der Waals surface area contributed by atoms with Gasteiger partial charge >= 0.3 is 5.69 Å². The number of aromatic nitrogens is 3. The number of hydrogen-bond donors (Lipinski definition) is 1. The van der Waals surface area contributed by atoms with Crippen molar-refractivity contribution in [1.82, 2.24) is 13.7 Å². The van der Waals surface area contributed by atoms with Gasteiger partial charge in [-0.05, 0) is 59.7 Å². The minimum Gasteiger partial charge on any atom is -0.497 e. The van der Waals surface area contributed by atoms with Gasteiger partial charge in [-0.1, -0.05) is 24.3 Å². The van der Waals surface area contributed by atoms with Gasteiger partial charge in [0.15, 0.2) is 0 Å². The summed E-state index contributed by atoms with van der Waals surface area (Å²) in [6, 6.07) is 24.6. The molecule has 0 spiro atoms. The number of hydrogen-bond acceptors (Lipinski definition) is 5. The van der Waals surface area contributed by atoms with E-state index >= 15 is 0 Å². The van der Waals surface area contributed by atoms with E-state index in [-0.39, 0.29) is 11.6 Å². The SMILES string of the molecule is COc1ccc(-c2c3c(=O)n(C)c(=O)n(C)c3c3n2-c2ccccc2N[C@H]3c2ccc(C#N)cc2)cc1. The Labute approximate surface area is 212 Å². The zero-order valence-corrected chi connectivity index (χ0v) is 20.5. The number of benzene rings is 3. The van der Waals surface area contributed by atoms with E-state index in [4.69, 9.17) is 4.74 Å². The maximum absolute atomic E-state index is 13.7. The summed E-state index contributed by atoms with van der Waals surface area (Å²) in [5.41, 5.74) is 5.34. The Hall–Kier alpha value is -5.03. The Morgan fingerprint density at radius 3 is 2.30 bits per heavy atom. The molecule has 6 rings (SSSR count). The maximum atomic E-state index is 13.7. The number of anilines is 1. The first-order valence-electron chi connectivity index (χ1n) is 11.8. The largest absolute Gasteiger partial charge is 0.497 e. The van der Waals surface area contributed by atoms with E-state index in [2.05, 4.69) is 16.0 Å². The molecule has 1 atom stereocenters. The molecule has 0 bridgehead atoms. The van der Waals surface area contributed by atoms with Gasteiger partial charge < -0.3 is 14.6 Å². The summed E-state index contributed by atoms with van der Waals surface area (Å²) in [7, 11) is 4.81. The highest BCUT2D eigenvalue weighted by Gasteiger charge is 2.34. The van der Waals surface area contributed by atoms with Crippen LogP contribution in [-0.4, -0.2) is 20.8 Å². The summed E-state index contributed by atoms with van der Waals surface area (Å²) >= 11 is 0. The van der Waals surface area contributed by atoms with Gasteiger partial charge in [0, 0.05) is 14.1 Å². The van der Waals surface area contributed by atoms with Crippen LogP contribution in [0.5, 0.6) is 5.75 Å². The van der Waals surface area contributed by atoms with Gasteiger partial charge in [0.25, 0.3) is 5.56 Å². The van der Waals surface area contributed by atoms with Gasteiger partial charge in [0.2, 0.25) is 0 Å². The first kappa shape index (κ1) is 22.4. The fourth-order valence-corrected chi connectivity index (χ4v) is 5.24. The lowest BCUT2D eigenvalue weighted by Crippen LogP contribution is -2.37. The average molecular weight is 490 g/mol. The fraction of sp³-hybridized carbons (Fsp3) is 0.138. The lowest BCUT2D eigenvalue weighted by atomic mass is 9.98. The van der Waals surface area contributed by atoms with Crippen molar-refractivity contribution in [2.24, 2.45) is 14.1 Å². The van der Waals surface area contributed by atoms with Crippen molar-refractivity contribution in [1.29, 1.82) is 5.26 Å². The molecule has 2 aromatic heterocycles. The molecule has 37 heavy (non-hydrogen) atoms. The van der Waals surface area contributed by atoms with Crippen LogP contribution in [0, 0.1) is 11.3 Å². The summed E-state index contributed by atoms with van der Waals surface area (Å²) in [6.45, 7) is 0. The van der Waals surface area contributed by atoms with E-state index in [0.717, 1.165) is 32.8 Å². The van der Waals surface area contributed by atoms with Crippen molar-refractivity contribution in [2.75, 3.05) is 12.4 Å². The maximum Gasteiger partial charge on any atom is 0.331 e. The highest BCUT2D eigenvalue weighted by atomic mass is 16.5. The Kier molecular flexibility index (Phi) is 5.02. The van der Waals surface area contributed by atoms with Crippen molar-refractivity contribution in [3.8, 4) is 28.8 Å². The monoisotopic (exact) mass is 489 g/mol. The number of ether oxygens (including phenoxy) is 1. The molecule has 1 aliphatic heterocycles. The number of rotatable bonds is 3. The molecule has 8 heteroatoms. The van der Waals surface area contributed by atoms with Crippen molar-refractivity contribution < 1.29 is 4.74 Å². The molecular weight excluding hydrogens is 466 g/mol. The summed E-state index contributed by atoms with van der Waals surface area (Å²) in [5.74, 6) is 0.705. The zero-order chi connectivity index (χ0) is 25.8. The molecule has 3 heterocycles. The molecule has 5 aromatic rings. The van der Waals surface area contributed by atoms with E-state index in [1.807, 2.05) is 60.7 Å². The molecule has 182 valence electrons. The Balaban J connectivity index is 1.81. The number of para-hydroxylation sites is 2. The normalized spacial score (nSPS) is 13.9. The van der Waals surface area contributed by atoms with E-state index in [1.165, 1.54) is 7.05 Å². The smallest absolute Gasteiger partial charge is 0.331 e. The van der Waals surface area contributed by atoms with Crippen LogP contribution in [0.1, 0.15) is 22.9 Å². The molecule has 0 saturated heterocycles. The van der Waals surface area contributed by atoms with Crippen molar-refractivity contribution in [2.45, 2.75) is 6.04 Å². The average Bonchev–Trinajstić information content (AvgIpc) is 3.31. The summed E-state index contributed by atoms with van der Waals surface area (Å²) in [5, 5.41) is 13.4. The quantitative estimate of drug-likeness (QED) is 0.412. The summed E-state index contributed by atoms with van der Waals surface area (Å²) in [6.07, 6.45) is 0. The van der Waals surface area contributed by atoms with Gasteiger partial charge in [-0.25, -0.2) is 4.79 Å². The molecular formula is C29H23N5O3. The minimum atomic E-state index is -0.399. The number of methoxy groups -OCH3 is 1. The molecule has 0 unspecified atom stereocenters. The molecule has 0 amide bonds. The predicted octanol–water partition coefficient (Wildman–Crippen LogP) is 4.09. The van der Waals surface area contributed by atoms with Crippen LogP contribution in [0.3, 0.4) is 0 Å². The molecule has 1 aliphatic rings.